The van der Waals surface area contributed by atoms with Crippen molar-refractivity contribution in [2.75, 3.05) is 6.61 Å². The maximum absolute atomic E-state index is 11.1. The minimum absolute atomic E-state index is 0.169. The van der Waals surface area contributed by atoms with Crippen molar-refractivity contribution in [2.24, 2.45) is 0 Å². The zero-order valence-electron chi connectivity index (χ0n) is 9.63. The Labute approximate surface area is 93.1 Å². The molecule has 7 heteroatoms. The summed E-state index contributed by atoms with van der Waals surface area (Å²) in [6.45, 7) is 4.68. The Kier molecular flexibility index (Phi) is 3.18. The van der Waals surface area contributed by atoms with Crippen LogP contribution in [0.3, 0.4) is 0 Å². The monoisotopic (exact) mass is 232 g/mol. The van der Waals surface area contributed by atoms with E-state index in [2.05, 4.69) is 0 Å². The summed E-state index contributed by atoms with van der Waals surface area (Å²) in [6.07, 6.45) is -0.173. The molecule has 1 fully saturated rings. The molecule has 0 aliphatic heterocycles. The van der Waals surface area contributed by atoms with Crippen molar-refractivity contribution in [3.63, 3.8) is 0 Å². The summed E-state index contributed by atoms with van der Waals surface area (Å²) >= 11 is 0. The fraction of sp³-hybridized carbons (Fsp3) is 1.00. The second-order valence-corrected chi connectivity index (χ2v) is 4.42. The minimum atomic E-state index is -1.66. The highest BCUT2D eigenvalue weighted by Crippen LogP contribution is 2.44. The molecule has 0 spiro atoms. The first-order chi connectivity index (χ1) is 7.30. The number of hydrogen-bond donors (Lipinski definition) is 0. The van der Waals surface area contributed by atoms with E-state index < -0.39 is 27.0 Å². The Bertz CT molecular complexity index is 321. The van der Waals surface area contributed by atoms with Crippen LogP contribution in [0.15, 0.2) is 0 Å². The zero-order valence-corrected chi connectivity index (χ0v) is 9.63. The summed E-state index contributed by atoms with van der Waals surface area (Å²) in [5, 5.41) is 22.2. The normalized spacial score (nSPS) is 38.6. The van der Waals surface area contributed by atoms with E-state index in [1.54, 1.807) is 6.92 Å². The van der Waals surface area contributed by atoms with Crippen molar-refractivity contribution in [2.45, 2.75) is 50.8 Å². The molecule has 0 aromatic heterocycles. The van der Waals surface area contributed by atoms with Gasteiger partial charge in [0.2, 0.25) is 0 Å². The van der Waals surface area contributed by atoms with Crippen LogP contribution in [0.25, 0.3) is 0 Å². The lowest BCUT2D eigenvalue weighted by Crippen LogP contribution is -2.61. The van der Waals surface area contributed by atoms with E-state index in [1.165, 1.54) is 13.8 Å². The Hall–Kier alpha value is -1.24. The smallest absolute Gasteiger partial charge is 0.312 e. The highest BCUT2D eigenvalue weighted by atomic mass is 16.7. The molecular formula is C9H16N2O5. The molecule has 0 amide bonds. The van der Waals surface area contributed by atoms with Crippen LogP contribution >= 0.6 is 0 Å². The van der Waals surface area contributed by atoms with Crippen molar-refractivity contribution >= 4 is 0 Å². The van der Waals surface area contributed by atoms with E-state index in [9.17, 15) is 20.2 Å². The minimum Gasteiger partial charge on any atom is -0.371 e. The maximum Gasteiger partial charge on any atom is 0.312 e. The van der Waals surface area contributed by atoms with E-state index in [4.69, 9.17) is 4.74 Å². The third-order valence-corrected chi connectivity index (χ3v) is 3.76. The lowest BCUT2D eigenvalue weighted by atomic mass is 9.82. The van der Waals surface area contributed by atoms with Gasteiger partial charge in [0.05, 0.1) is 0 Å². The van der Waals surface area contributed by atoms with E-state index in [-0.39, 0.29) is 6.42 Å². The molecule has 92 valence electrons. The van der Waals surface area contributed by atoms with Gasteiger partial charge in [0.25, 0.3) is 5.54 Å². The summed E-state index contributed by atoms with van der Waals surface area (Å²) in [7, 11) is 0. The van der Waals surface area contributed by atoms with Crippen LogP contribution in [0.5, 0.6) is 0 Å². The van der Waals surface area contributed by atoms with Crippen LogP contribution in [-0.4, -0.2) is 33.6 Å². The predicted molar refractivity (Wildman–Crippen MR) is 55.4 cm³/mol. The molecule has 0 aromatic rings. The molecule has 16 heavy (non-hydrogen) atoms. The molecular weight excluding hydrogens is 216 g/mol. The third-order valence-electron chi connectivity index (χ3n) is 3.76. The van der Waals surface area contributed by atoms with Gasteiger partial charge in [-0.1, -0.05) is 0 Å². The maximum atomic E-state index is 11.1. The lowest BCUT2D eigenvalue weighted by Gasteiger charge is -2.29. The van der Waals surface area contributed by atoms with Gasteiger partial charge in [-0.25, -0.2) is 0 Å². The Morgan fingerprint density at radius 3 is 2.25 bits per heavy atom. The standard InChI is InChI=1S/C9H16N2O5/c1-4-16-7-5-6-8(2,10(12)13)9(7,3)11(14)15/h7H,4-6H2,1-3H3/t7-,8+,9+/m1/s1. The molecule has 0 heterocycles. The van der Waals surface area contributed by atoms with E-state index in [0.29, 0.717) is 13.0 Å². The zero-order chi connectivity index (χ0) is 12.6. The van der Waals surface area contributed by atoms with Gasteiger partial charge in [0.15, 0.2) is 0 Å². The molecule has 0 aromatic carbocycles. The lowest BCUT2D eigenvalue weighted by molar-refractivity contribution is -0.679. The predicted octanol–water partition coefficient (Wildman–Crippen LogP) is 1.26. The van der Waals surface area contributed by atoms with Gasteiger partial charge in [-0.05, 0) is 13.3 Å². The molecule has 1 aliphatic carbocycles. The summed E-state index contributed by atoms with van der Waals surface area (Å²) in [5.74, 6) is 0. The summed E-state index contributed by atoms with van der Waals surface area (Å²) in [5.41, 5.74) is -3.22. The van der Waals surface area contributed by atoms with Crippen molar-refractivity contribution in [1.82, 2.24) is 0 Å². The fourth-order valence-electron chi connectivity index (χ4n) is 2.33. The molecule has 3 atom stereocenters. The summed E-state index contributed by atoms with van der Waals surface area (Å²) in [6, 6.07) is 0. The van der Waals surface area contributed by atoms with Crippen LogP contribution < -0.4 is 0 Å². The molecule has 1 aliphatic rings. The van der Waals surface area contributed by atoms with Gasteiger partial charge >= 0.3 is 5.54 Å². The summed E-state index contributed by atoms with van der Waals surface area (Å²) in [4.78, 5) is 21.1. The molecule has 0 unspecified atom stereocenters. The van der Waals surface area contributed by atoms with Gasteiger partial charge < -0.3 is 4.74 Å². The van der Waals surface area contributed by atoms with Crippen LogP contribution in [0.2, 0.25) is 0 Å². The van der Waals surface area contributed by atoms with Crippen LogP contribution in [0.4, 0.5) is 0 Å². The van der Waals surface area contributed by atoms with Gasteiger partial charge in [-0.3, -0.25) is 20.2 Å². The van der Waals surface area contributed by atoms with E-state index in [0.717, 1.165) is 0 Å². The Morgan fingerprint density at radius 1 is 1.31 bits per heavy atom. The van der Waals surface area contributed by atoms with E-state index >= 15 is 0 Å². The molecule has 0 radical (unpaired) electrons. The first-order valence-corrected chi connectivity index (χ1v) is 5.21. The third kappa shape index (κ3) is 1.46. The second-order valence-electron chi connectivity index (χ2n) is 4.42. The number of ether oxygens (including phenoxy) is 1. The van der Waals surface area contributed by atoms with Gasteiger partial charge in [-0.2, -0.15) is 0 Å². The van der Waals surface area contributed by atoms with Crippen LogP contribution in [0, 0.1) is 20.2 Å². The van der Waals surface area contributed by atoms with Crippen molar-refractivity contribution in [3.05, 3.63) is 20.2 Å². The Balaban J connectivity index is 3.16. The highest BCUT2D eigenvalue weighted by molar-refractivity contribution is 5.06. The molecule has 1 saturated carbocycles. The van der Waals surface area contributed by atoms with Crippen LogP contribution in [0.1, 0.15) is 33.6 Å². The number of hydrogen-bond acceptors (Lipinski definition) is 5. The average Bonchev–Trinajstić information content (AvgIpc) is 2.45. The number of nitro groups is 2. The van der Waals surface area contributed by atoms with E-state index in [1.807, 2.05) is 0 Å². The van der Waals surface area contributed by atoms with Gasteiger partial charge in [0, 0.05) is 36.7 Å². The first-order valence-electron chi connectivity index (χ1n) is 5.21. The average molecular weight is 232 g/mol. The molecule has 0 N–H and O–H groups in total. The SMILES string of the molecule is CCO[C@@H]1CC[C@](C)([N+](=O)[O-])[C@@]1(C)[N+](=O)[O-]. The fourth-order valence-corrected chi connectivity index (χ4v) is 2.33. The first kappa shape index (κ1) is 12.8. The Morgan fingerprint density at radius 2 is 1.88 bits per heavy atom. The summed E-state index contributed by atoms with van der Waals surface area (Å²) < 4.78 is 5.28. The largest absolute Gasteiger partial charge is 0.371 e. The highest BCUT2D eigenvalue weighted by Gasteiger charge is 2.73. The van der Waals surface area contributed by atoms with Crippen molar-refractivity contribution in [3.8, 4) is 0 Å². The van der Waals surface area contributed by atoms with Gasteiger partial charge in [0.1, 0.15) is 6.10 Å². The topological polar surface area (TPSA) is 95.5 Å². The molecule has 0 bridgehead atoms. The second kappa shape index (κ2) is 3.97. The van der Waals surface area contributed by atoms with Gasteiger partial charge in [-0.15, -0.1) is 0 Å². The molecule has 7 nitrogen and oxygen atoms in total. The van der Waals surface area contributed by atoms with Crippen molar-refractivity contribution in [1.29, 1.82) is 0 Å². The molecule has 0 saturated heterocycles. The van der Waals surface area contributed by atoms with Crippen LogP contribution in [-0.2, 0) is 4.74 Å². The van der Waals surface area contributed by atoms with Crippen molar-refractivity contribution < 1.29 is 14.6 Å². The number of nitrogens with zero attached hydrogens (tertiary/aromatic N) is 2. The molecule has 1 rings (SSSR count). The number of rotatable bonds is 4. The quantitative estimate of drug-likeness (QED) is 0.537.